The number of thiophene rings is 1. The summed E-state index contributed by atoms with van der Waals surface area (Å²) in [4.78, 5) is 13.0. The molecule has 1 N–H and O–H groups in total. The standard InChI is InChI=1S/C14H16N2O2S/c1-10-6-13(11(2)19-10)9-15-8-12-4-3-5-14(7-12)16(17)18/h3-7,15H,8-9H2,1-2H3. The van der Waals surface area contributed by atoms with Gasteiger partial charge in [0.25, 0.3) is 5.69 Å². The van der Waals surface area contributed by atoms with Crippen LogP contribution in [0.1, 0.15) is 20.9 Å². The first-order chi connectivity index (χ1) is 9.06. The fourth-order valence-electron chi connectivity index (χ4n) is 1.98. The Bertz CT molecular complexity index is 593. The highest BCUT2D eigenvalue weighted by atomic mass is 32.1. The molecule has 0 spiro atoms. The van der Waals surface area contributed by atoms with Crippen LogP contribution < -0.4 is 5.32 Å². The molecule has 0 aliphatic carbocycles. The maximum Gasteiger partial charge on any atom is 0.269 e. The molecule has 4 nitrogen and oxygen atoms in total. The summed E-state index contributed by atoms with van der Waals surface area (Å²) in [5.41, 5.74) is 2.37. The molecule has 100 valence electrons. The van der Waals surface area contributed by atoms with Gasteiger partial charge in [-0.25, -0.2) is 0 Å². The Labute approximate surface area is 116 Å². The van der Waals surface area contributed by atoms with Crippen LogP contribution in [0.3, 0.4) is 0 Å². The second-order valence-electron chi connectivity index (χ2n) is 4.47. The predicted octanol–water partition coefficient (Wildman–Crippen LogP) is 3.56. The summed E-state index contributed by atoms with van der Waals surface area (Å²) in [5.74, 6) is 0. The van der Waals surface area contributed by atoms with Crippen molar-refractivity contribution in [2.75, 3.05) is 0 Å². The van der Waals surface area contributed by atoms with Gasteiger partial charge in [0.15, 0.2) is 0 Å². The first-order valence-electron chi connectivity index (χ1n) is 6.06. The largest absolute Gasteiger partial charge is 0.309 e. The van der Waals surface area contributed by atoms with E-state index in [-0.39, 0.29) is 10.6 Å². The van der Waals surface area contributed by atoms with Gasteiger partial charge in [0, 0.05) is 35.0 Å². The van der Waals surface area contributed by atoms with Gasteiger partial charge in [-0.3, -0.25) is 10.1 Å². The molecule has 2 aromatic rings. The van der Waals surface area contributed by atoms with Crippen molar-refractivity contribution in [3.63, 3.8) is 0 Å². The second kappa shape index (κ2) is 5.95. The average Bonchev–Trinajstić information content (AvgIpc) is 2.68. The normalized spacial score (nSPS) is 10.6. The van der Waals surface area contributed by atoms with Crippen molar-refractivity contribution < 1.29 is 4.92 Å². The molecule has 0 amide bonds. The average molecular weight is 276 g/mol. The Morgan fingerprint density at radius 3 is 2.68 bits per heavy atom. The molecular weight excluding hydrogens is 260 g/mol. The van der Waals surface area contributed by atoms with Crippen molar-refractivity contribution in [3.8, 4) is 0 Å². The van der Waals surface area contributed by atoms with Crippen molar-refractivity contribution in [1.82, 2.24) is 5.32 Å². The summed E-state index contributed by atoms with van der Waals surface area (Å²) in [6.07, 6.45) is 0. The zero-order valence-corrected chi connectivity index (χ0v) is 11.8. The maximum atomic E-state index is 10.7. The highest BCUT2D eigenvalue weighted by Crippen LogP contribution is 2.20. The predicted molar refractivity (Wildman–Crippen MR) is 77.4 cm³/mol. The smallest absolute Gasteiger partial charge is 0.269 e. The third kappa shape index (κ3) is 3.62. The molecule has 1 aromatic carbocycles. The SMILES string of the molecule is Cc1cc(CNCc2cccc([N+](=O)[O-])c2)c(C)s1. The maximum absolute atomic E-state index is 10.7. The summed E-state index contributed by atoms with van der Waals surface area (Å²) >= 11 is 1.79. The number of nitro benzene ring substituents is 1. The number of nitrogens with one attached hydrogen (secondary N) is 1. The molecule has 19 heavy (non-hydrogen) atoms. The van der Waals surface area contributed by atoms with E-state index in [9.17, 15) is 10.1 Å². The molecule has 2 rings (SSSR count). The Kier molecular flexibility index (Phi) is 4.29. The Balaban J connectivity index is 1.94. The lowest BCUT2D eigenvalue weighted by atomic mass is 10.2. The minimum absolute atomic E-state index is 0.141. The topological polar surface area (TPSA) is 55.2 Å². The zero-order chi connectivity index (χ0) is 13.8. The second-order valence-corrected chi connectivity index (χ2v) is 5.93. The van der Waals surface area contributed by atoms with E-state index in [0.29, 0.717) is 6.54 Å². The first kappa shape index (κ1) is 13.7. The van der Waals surface area contributed by atoms with Gasteiger partial charge in [-0.1, -0.05) is 12.1 Å². The number of rotatable bonds is 5. The van der Waals surface area contributed by atoms with Crippen LogP contribution in [0.25, 0.3) is 0 Å². The van der Waals surface area contributed by atoms with E-state index in [1.165, 1.54) is 21.4 Å². The zero-order valence-electron chi connectivity index (χ0n) is 11.0. The molecule has 0 aliphatic rings. The molecule has 0 bridgehead atoms. The number of nitrogens with zero attached hydrogens (tertiary/aromatic N) is 1. The van der Waals surface area contributed by atoms with Gasteiger partial charge in [-0.2, -0.15) is 0 Å². The molecule has 0 saturated heterocycles. The van der Waals surface area contributed by atoms with Gasteiger partial charge in [0.2, 0.25) is 0 Å². The van der Waals surface area contributed by atoms with Crippen molar-refractivity contribution in [2.24, 2.45) is 0 Å². The van der Waals surface area contributed by atoms with Crippen LogP contribution >= 0.6 is 11.3 Å². The summed E-state index contributed by atoms with van der Waals surface area (Å²) in [6.45, 7) is 5.64. The van der Waals surface area contributed by atoms with Crippen molar-refractivity contribution in [3.05, 3.63) is 61.3 Å². The van der Waals surface area contributed by atoms with E-state index < -0.39 is 0 Å². The lowest BCUT2D eigenvalue weighted by Gasteiger charge is -2.04. The van der Waals surface area contributed by atoms with Crippen molar-refractivity contribution in [1.29, 1.82) is 0 Å². The van der Waals surface area contributed by atoms with E-state index in [2.05, 4.69) is 25.2 Å². The van der Waals surface area contributed by atoms with Crippen LogP contribution in [0.2, 0.25) is 0 Å². The monoisotopic (exact) mass is 276 g/mol. The lowest BCUT2D eigenvalue weighted by Crippen LogP contribution is -2.12. The van der Waals surface area contributed by atoms with Crippen LogP contribution in [0.5, 0.6) is 0 Å². The molecule has 0 radical (unpaired) electrons. The molecule has 0 fully saturated rings. The van der Waals surface area contributed by atoms with E-state index in [4.69, 9.17) is 0 Å². The van der Waals surface area contributed by atoms with E-state index in [0.717, 1.165) is 12.1 Å². The molecule has 1 aromatic heterocycles. The fraction of sp³-hybridized carbons (Fsp3) is 0.286. The summed E-state index contributed by atoms with van der Waals surface area (Å²) in [6, 6.07) is 8.91. The molecule has 0 unspecified atom stereocenters. The molecule has 0 saturated carbocycles. The number of non-ortho nitro benzene ring substituents is 1. The van der Waals surface area contributed by atoms with Crippen LogP contribution in [-0.2, 0) is 13.1 Å². The van der Waals surface area contributed by atoms with Crippen LogP contribution in [0, 0.1) is 24.0 Å². The lowest BCUT2D eigenvalue weighted by molar-refractivity contribution is -0.384. The van der Waals surface area contributed by atoms with Gasteiger partial charge < -0.3 is 5.32 Å². The highest BCUT2D eigenvalue weighted by Gasteiger charge is 2.06. The van der Waals surface area contributed by atoms with Crippen LogP contribution in [0.4, 0.5) is 5.69 Å². The molecule has 1 heterocycles. The molecule has 5 heteroatoms. The Hall–Kier alpha value is -1.72. The minimum atomic E-state index is -0.365. The van der Waals surface area contributed by atoms with Crippen molar-refractivity contribution >= 4 is 17.0 Å². The van der Waals surface area contributed by atoms with Crippen LogP contribution in [0.15, 0.2) is 30.3 Å². The van der Waals surface area contributed by atoms with Gasteiger partial charge in [-0.05, 0) is 31.0 Å². The third-order valence-electron chi connectivity index (χ3n) is 2.91. The Morgan fingerprint density at radius 1 is 1.26 bits per heavy atom. The third-order valence-corrected chi connectivity index (χ3v) is 3.92. The Morgan fingerprint density at radius 2 is 2.05 bits per heavy atom. The van der Waals surface area contributed by atoms with E-state index in [1.54, 1.807) is 23.5 Å². The van der Waals surface area contributed by atoms with Gasteiger partial charge in [-0.15, -0.1) is 11.3 Å². The number of nitro groups is 1. The number of hydrogen-bond acceptors (Lipinski definition) is 4. The quantitative estimate of drug-likeness (QED) is 0.671. The summed E-state index contributed by atoms with van der Waals surface area (Å²) in [7, 11) is 0. The van der Waals surface area contributed by atoms with Crippen molar-refractivity contribution in [2.45, 2.75) is 26.9 Å². The van der Waals surface area contributed by atoms with Gasteiger partial charge >= 0.3 is 0 Å². The number of hydrogen-bond donors (Lipinski definition) is 1. The summed E-state index contributed by atoms with van der Waals surface area (Å²) in [5, 5.41) is 14.0. The van der Waals surface area contributed by atoms with Gasteiger partial charge in [0.05, 0.1) is 4.92 Å². The summed E-state index contributed by atoms with van der Waals surface area (Å²) < 4.78 is 0. The molecular formula is C14H16N2O2S. The fourth-order valence-corrected chi connectivity index (χ4v) is 2.93. The van der Waals surface area contributed by atoms with E-state index >= 15 is 0 Å². The first-order valence-corrected chi connectivity index (χ1v) is 6.88. The molecule has 0 atom stereocenters. The molecule has 0 aliphatic heterocycles. The minimum Gasteiger partial charge on any atom is -0.309 e. The van der Waals surface area contributed by atoms with Gasteiger partial charge in [0.1, 0.15) is 0 Å². The van der Waals surface area contributed by atoms with E-state index in [1.807, 2.05) is 6.07 Å². The highest BCUT2D eigenvalue weighted by molar-refractivity contribution is 7.12. The number of benzene rings is 1. The van der Waals surface area contributed by atoms with Crippen LogP contribution in [-0.4, -0.2) is 4.92 Å². The number of aryl methyl sites for hydroxylation is 2.